The number of hydrogen-bond acceptors (Lipinski definition) is 5. The molecule has 1 N–H and O–H groups in total. The molecule has 0 aliphatic rings. The van der Waals surface area contributed by atoms with Crippen LogP contribution in [0, 0.1) is 0 Å². The van der Waals surface area contributed by atoms with Crippen molar-refractivity contribution in [3.05, 3.63) is 102 Å². The van der Waals surface area contributed by atoms with Crippen molar-refractivity contribution in [2.75, 3.05) is 11.9 Å². The quantitative estimate of drug-likeness (QED) is 0.374. The summed E-state index contributed by atoms with van der Waals surface area (Å²) in [7, 11) is 0. The van der Waals surface area contributed by atoms with Gasteiger partial charge in [0.1, 0.15) is 0 Å². The van der Waals surface area contributed by atoms with Crippen LogP contribution in [0.25, 0.3) is 10.8 Å². The molecular weight excluding hydrogens is 382 g/mol. The molecule has 4 rings (SSSR count). The van der Waals surface area contributed by atoms with Crippen molar-refractivity contribution in [3.63, 3.8) is 0 Å². The molecule has 6 heteroatoms. The van der Waals surface area contributed by atoms with E-state index in [4.69, 9.17) is 9.15 Å². The summed E-state index contributed by atoms with van der Waals surface area (Å²) in [4.78, 5) is 37.2. The molecule has 3 aromatic carbocycles. The third-order valence-electron chi connectivity index (χ3n) is 4.55. The van der Waals surface area contributed by atoms with Crippen LogP contribution in [0.15, 0.2) is 89.5 Å². The number of hydrogen-bond donors (Lipinski definition) is 1. The zero-order chi connectivity index (χ0) is 20.9. The first-order valence-corrected chi connectivity index (χ1v) is 9.25. The summed E-state index contributed by atoms with van der Waals surface area (Å²) < 4.78 is 10.3. The lowest BCUT2D eigenvalue weighted by molar-refractivity contribution is 0.0476. The molecule has 0 bridgehead atoms. The maximum Gasteiger partial charge on any atom is 0.340 e. The van der Waals surface area contributed by atoms with Crippen molar-refractivity contribution in [2.45, 2.75) is 0 Å². The van der Waals surface area contributed by atoms with E-state index in [9.17, 15) is 14.4 Å². The van der Waals surface area contributed by atoms with Gasteiger partial charge in [-0.15, -0.1) is 0 Å². The number of furan rings is 1. The second kappa shape index (κ2) is 8.45. The van der Waals surface area contributed by atoms with E-state index in [1.165, 1.54) is 18.4 Å². The van der Waals surface area contributed by atoms with E-state index in [0.717, 1.165) is 10.8 Å². The zero-order valence-corrected chi connectivity index (χ0v) is 15.8. The number of anilines is 1. The van der Waals surface area contributed by atoms with Gasteiger partial charge in [0, 0.05) is 5.56 Å². The summed E-state index contributed by atoms with van der Waals surface area (Å²) in [5.74, 6) is -1.40. The SMILES string of the molecule is O=C(COC(=O)c1ccccc1NC(=O)c1ccco1)c1ccc2ccccc2c1. The summed E-state index contributed by atoms with van der Waals surface area (Å²) >= 11 is 0. The standard InChI is InChI=1S/C24H17NO5/c26-21(18-12-11-16-6-1-2-7-17(16)14-18)15-30-24(28)19-8-3-4-9-20(19)25-23(27)22-10-5-13-29-22/h1-14H,15H2,(H,25,27). The molecule has 4 aromatic rings. The van der Waals surface area contributed by atoms with Gasteiger partial charge in [-0.1, -0.05) is 48.5 Å². The van der Waals surface area contributed by atoms with E-state index in [-0.39, 0.29) is 22.8 Å². The van der Waals surface area contributed by atoms with Crippen molar-refractivity contribution in [2.24, 2.45) is 0 Å². The molecule has 0 atom stereocenters. The summed E-state index contributed by atoms with van der Waals surface area (Å²) in [6.07, 6.45) is 1.38. The number of benzene rings is 3. The lowest BCUT2D eigenvalue weighted by atomic mass is 10.0. The summed E-state index contributed by atoms with van der Waals surface area (Å²) in [5.41, 5.74) is 0.867. The number of ether oxygens (including phenoxy) is 1. The average Bonchev–Trinajstić information content (AvgIpc) is 3.32. The first-order valence-electron chi connectivity index (χ1n) is 9.25. The van der Waals surface area contributed by atoms with Crippen molar-refractivity contribution >= 4 is 34.1 Å². The van der Waals surface area contributed by atoms with Crippen molar-refractivity contribution in [3.8, 4) is 0 Å². The van der Waals surface area contributed by atoms with E-state index >= 15 is 0 Å². The summed E-state index contributed by atoms with van der Waals surface area (Å²) in [6, 6.07) is 22.5. The summed E-state index contributed by atoms with van der Waals surface area (Å²) in [5, 5.41) is 4.57. The molecular formula is C24H17NO5. The minimum atomic E-state index is -0.709. The van der Waals surface area contributed by atoms with Gasteiger partial charge < -0.3 is 14.5 Å². The Labute approximate surface area is 172 Å². The lowest BCUT2D eigenvalue weighted by Crippen LogP contribution is -2.18. The molecule has 6 nitrogen and oxygen atoms in total. The molecule has 0 radical (unpaired) electrons. The molecule has 1 amide bonds. The van der Waals surface area contributed by atoms with E-state index in [1.54, 1.807) is 36.4 Å². The Morgan fingerprint density at radius 1 is 0.833 bits per heavy atom. The van der Waals surface area contributed by atoms with Crippen LogP contribution < -0.4 is 5.32 Å². The monoisotopic (exact) mass is 399 g/mol. The topological polar surface area (TPSA) is 85.6 Å². The van der Waals surface area contributed by atoms with Gasteiger partial charge in [-0.3, -0.25) is 9.59 Å². The van der Waals surface area contributed by atoms with E-state index in [1.807, 2.05) is 30.3 Å². The van der Waals surface area contributed by atoms with Gasteiger partial charge >= 0.3 is 5.97 Å². The molecule has 0 fully saturated rings. The number of ketones is 1. The maximum absolute atomic E-state index is 12.5. The minimum absolute atomic E-state index is 0.115. The largest absolute Gasteiger partial charge is 0.459 e. The van der Waals surface area contributed by atoms with Crippen LogP contribution >= 0.6 is 0 Å². The predicted molar refractivity (Wildman–Crippen MR) is 112 cm³/mol. The van der Waals surface area contributed by atoms with Crippen LogP contribution in [0.1, 0.15) is 31.3 Å². The van der Waals surface area contributed by atoms with Gasteiger partial charge in [0.2, 0.25) is 0 Å². The Morgan fingerprint density at radius 3 is 2.40 bits per heavy atom. The van der Waals surface area contributed by atoms with Crippen LogP contribution in [0.5, 0.6) is 0 Å². The number of rotatable bonds is 6. The number of para-hydroxylation sites is 1. The highest BCUT2D eigenvalue weighted by molar-refractivity contribution is 6.07. The first-order chi connectivity index (χ1) is 14.6. The third kappa shape index (κ3) is 4.12. The maximum atomic E-state index is 12.5. The molecule has 0 saturated heterocycles. The molecule has 1 aromatic heterocycles. The molecule has 0 unspecified atom stereocenters. The molecule has 0 aliphatic carbocycles. The van der Waals surface area contributed by atoms with Gasteiger partial charge in [-0.2, -0.15) is 0 Å². The highest BCUT2D eigenvalue weighted by atomic mass is 16.5. The van der Waals surface area contributed by atoms with Gasteiger partial charge in [-0.25, -0.2) is 4.79 Å². The van der Waals surface area contributed by atoms with Gasteiger partial charge in [0.15, 0.2) is 18.2 Å². The number of fused-ring (bicyclic) bond motifs is 1. The second-order valence-electron chi connectivity index (χ2n) is 6.54. The smallest absolute Gasteiger partial charge is 0.340 e. The molecule has 0 aliphatic heterocycles. The predicted octanol–water partition coefficient (Wildman–Crippen LogP) is 4.72. The Bertz CT molecular complexity index is 1230. The molecule has 0 spiro atoms. The molecule has 30 heavy (non-hydrogen) atoms. The van der Waals surface area contributed by atoms with Crippen LogP contribution in [0.2, 0.25) is 0 Å². The van der Waals surface area contributed by atoms with E-state index in [2.05, 4.69) is 5.32 Å². The molecule has 1 heterocycles. The second-order valence-corrected chi connectivity index (χ2v) is 6.54. The third-order valence-corrected chi connectivity index (χ3v) is 4.55. The Hall–Kier alpha value is -4.19. The lowest BCUT2D eigenvalue weighted by Gasteiger charge is -2.10. The normalized spacial score (nSPS) is 10.5. The fraction of sp³-hybridized carbons (Fsp3) is 0.0417. The first kappa shape index (κ1) is 19.1. The number of carbonyl (C=O) groups is 3. The number of nitrogens with one attached hydrogen (secondary N) is 1. The van der Waals surface area contributed by atoms with Gasteiger partial charge in [0.05, 0.1) is 17.5 Å². The fourth-order valence-corrected chi connectivity index (χ4v) is 3.02. The van der Waals surface area contributed by atoms with Crippen molar-refractivity contribution < 1.29 is 23.5 Å². The van der Waals surface area contributed by atoms with E-state index in [0.29, 0.717) is 5.56 Å². The number of Topliss-reactive ketones (excluding diaryl/α,β-unsaturated/α-hetero) is 1. The van der Waals surface area contributed by atoms with Crippen LogP contribution in [0.3, 0.4) is 0 Å². The summed E-state index contributed by atoms with van der Waals surface area (Å²) in [6.45, 7) is -0.405. The Balaban J connectivity index is 1.44. The average molecular weight is 399 g/mol. The van der Waals surface area contributed by atoms with Crippen LogP contribution in [-0.4, -0.2) is 24.3 Å². The van der Waals surface area contributed by atoms with Crippen molar-refractivity contribution in [1.82, 2.24) is 0 Å². The van der Waals surface area contributed by atoms with E-state index < -0.39 is 18.5 Å². The molecule has 0 saturated carbocycles. The number of carbonyl (C=O) groups excluding carboxylic acids is 3. The van der Waals surface area contributed by atoms with Gasteiger partial charge in [-0.05, 0) is 41.1 Å². The van der Waals surface area contributed by atoms with Crippen LogP contribution in [0.4, 0.5) is 5.69 Å². The Kier molecular flexibility index (Phi) is 5.39. The van der Waals surface area contributed by atoms with Crippen molar-refractivity contribution in [1.29, 1.82) is 0 Å². The van der Waals surface area contributed by atoms with Gasteiger partial charge in [0.25, 0.3) is 5.91 Å². The van der Waals surface area contributed by atoms with Crippen LogP contribution in [-0.2, 0) is 4.74 Å². The number of esters is 1. The zero-order valence-electron chi connectivity index (χ0n) is 15.8. The Morgan fingerprint density at radius 2 is 1.60 bits per heavy atom. The highest BCUT2D eigenvalue weighted by Gasteiger charge is 2.18. The highest BCUT2D eigenvalue weighted by Crippen LogP contribution is 2.19. The fourth-order valence-electron chi connectivity index (χ4n) is 3.02. The number of amides is 1. The molecule has 148 valence electrons. The minimum Gasteiger partial charge on any atom is -0.459 e.